The van der Waals surface area contributed by atoms with E-state index in [1.165, 1.54) is 0 Å². The number of benzene rings is 1. The van der Waals surface area contributed by atoms with Gasteiger partial charge in [-0.15, -0.1) is 0 Å². The molecular weight excluding hydrogens is 244 g/mol. The number of alkyl halides is 2. The van der Waals surface area contributed by atoms with Gasteiger partial charge in [-0.05, 0) is 43.8 Å². The lowest BCUT2D eigenvalue weighted by atomic mass is 9.86. The van der Waals surface area contributed by atoms with Crippen LogP contribution in [0.15, 0.2) is 24.3 Å². The minimum absolute atomic E-state index is 0.173. The molecule has 1 atom stereocenters. The Morgan fingerprint density at radius 3 is 2.32 bits per heavy atom. The molecule has 19 heavy (non-hydrogen) atoms. The molecule has 1 aliphatic heterocycles. The van der Waals surface area contributed by atoms with Crippen LogP contribution in [0.3, 0.4) is 0 Å². The minimum Gasteiger partial charge on any atom is -0.317 e. The summed E-state index contributed by atoms with van der Waals surface area (Å²) in [6.45, 7) is 5.64. The molecule has 1 aromatic rings. The topological polar surface area (TPSA) is 12.0 Å². The molecule has 1 heterocycles. The van der Waals surface area contributed by atoms with Gasteiger partial charge in [-0.25, -0.2) is 8.78 Å². The molecule has 0 spiro atoms. The van der Waals surface area contributed by atoms with Gasteiger partial charge in [-0.2, -0.15) is 0 Å². The molecule has 0 radical (unpaired) electrons. The van der Waals surface area contributed by atoms with Crippen molar-refractivity contribution in [3.63, 3.8) is 0 Å². The number of hydrogen-bond acceptors (Lipinski definition) is 1. The zero-order valence-electron chi connectivity index (χ0n) is 11.8. The minimum atomic E-state index is -2.70. The lowest BCUT2D eigenvalue weighted by Gasteiger charge is -2.30. The van der Waals surface area contributed by atoms with Crippen molar-refractivity contribution >= 4 is 0 Å². The quantitative estimate of drug-likeness (QED) is 0.858. The molecule has 1 aromatic carbocycles. The predicted octanol–water partition coefficient (Wildman–Crippen LogP) is 4.29. The standard InChI is InChI=1S/C16H23F2N/c1-3-12(2)13-4-6-14(7-5-13)16(17,18)15-8-10-19-11-9-15/h4-7,12,15,19H,3,8-11H2,1-2H3. The highest BCUT2D eigenvalue weighted by atomic mass is 19.3. The van der Waals surface area contributed by atoms with Gasteiger partial charge in [0.2, 0.25) is 0 Å². The van der Waals surface area contributed by atoms with Crippen molar-refractivity contribution in [2.75, 3.05) is 13.1 Å². The number of hydrogen-bond donors (Lipinski definition) is 1. The molecule has 1 fully saturated rings. The number of rotatable bonds is 4. The summed E-state index contributed by atoms with van der Waals surface area (Å²) in [5, 5.41) is 3.14. The van der Waals surface area contributed by atoms with Crippen molar-refractivity contribution in [1.29, 1.82) is 0 Å². The van der Waals surface area contributed by atoms with E-state index in [-0.39, 0.29) is 5.56 Å². The molecule has 2 rings (SSSR count). The van der Waals surface area contributed by atoms with Gasteiger partial charge < -0.3 is 5.32 Å². The first kappa shape index (κ1) is 14.4. The molecule has 0 aromatic heterocycles. The molecule has 0 saturated carbocycles. The van der Waals surface area contributed by atoms with E-state index in [1.54, 1.807) is 12.1 Å². The van der Waals surface area contributed by atoms with Gasteiger partial charge in [0, 0.05) is 11.5 Å². The fourth-order valence-electron chi connectivity index (χ4n) is 2.69. The fraction of sp³-hybridized carbons (Fsp3) is 0.625. The molecule has 1 N–H and O–H groups in total. The predicted molar refractivity (Wildman–Crippen MR) is 74.6 cm³/mol. The molecule has 1 aliphatic rings. The zero-order valence-corrected chi connectivity index (χ0v) is 11.8. The maximum absolute atomic E-state index is 14.4. The molecule has 0 bridgehead atoms. The molecule has 1 nitrogen and oxygen atoms in total. The van der Waals surface area contributed by atoms with Crippen molar-refractivity contribution in [2.45, 2.75) is 45.0 Å². The summed E-state index contributed by atoms with van der Waals surface area (Å²) in [5.74, 6) is -2.79. The van der Waals surface area contributed by atoms with Gasteiger partial charge >= 0.3 is 0 Å². The molecular formula is C16H23F2N. The van der Waals surface area contributed by atoms with Crippen molar-refractivity contribution in [2.24, 2.45) is 5.92 Å². The Morgan fingerprint density at radius 2 is 1.79 bits per heavy atom. The Kier molecular flexibility index (Phi) is 4.56. The fourth-order valence-corrected chi connectivity index (χ4v) is 2.69. The summed E-state index contributed by atoms with van der Waals surface area (Å²) in [6, 6.07) is 6.95. The van der Waals surface area contributed by atoms with Crippen LogP contribution in [0, 0.1) is 5.92 Å². The van der Waals surface area contributed by atoms with Gasteiger partial charge in [-0.3, -0.25) is 0 Å². The molecule has 106 valence electrons. The second-order valence-corrected chi connectivity index (χ2v) is 5.58. The van der Waals surface area contributed by atoms with Gasteiger partial charge in [0.25, 0.3) is 5.92 Å². The summed E-state index contributed by atoms with van der Waals surface area (Å²) >= 11 is 0. The largest absolute Gasteiger partial charge is 0.317 e. The highest BCUT2D eigenvalue weighted by Gasteiger charge is 2.41. The van der Waals surface area contributed by atoms with Crippen LogP contribution in [0.5, 0.6) is 0 Å². The van der Waals surface area contributed by atoms with E-state index in [0.29, 0.717) is 31.8 Å². The molecule has 1 unspecified atom stereocenters. The van der Waals surface area contributed by atoms with Crippen LogP contribution in [0.1, 0.15) is 50.2 Å². The van der Waals surface area contributed by atoms with E-state index in [0.717, 1.165) is 12.0 Å². The molecule has 0 amide bonds. The van der Waals surface area contributed by atoms with Crippen LogP contribution in [-0.2, 0) is 5.92 Å². The third-order valence-electron chi connectivity index (χ3n) is 4.33. The first-order valence-corrected chi connectivity index (χ1v) is 7.24. The van der Waals surface area contributed by atoms with Crippen molar-refractivity contribution < 1.29 is 8.78 Å². The average molecular weight is 267 g/mol. The summed E-state index contributed by atoms with van der Waals surface area (Å²) in [7, 11) is 0. The van der Waals surface area contributed by atoms with Gasteiger partial charge in [-0.1, -0.05) is 38.1 Å². The van der Waals surface area contributed by atoms with Crippen LogP contribution in [0.4, 0.5) is 8.78 Å². The molecule has 0 aliphatic carbocycles. The first-order valence-electron chi connectivity index (χ1n) is 7.24. The lowest BCUT2D eigenvalue weighted by molar-refractivity contribution is -0.0753. The van der Waals surface area contributed by atoms with E-state index in [4.69, 9.17) is 0 Å². The maximum atomic E-state index is 14.4. The van der Waals surface area contributed by atoms with E-state index >= 15 is 0 Å². The average Bonchev–Trinajstić information content (AvgIpc) is 2.47. The number of nitrogens with one attached hydrogen (secondary N) is 1. The van der Waals surface area contributed by atoms with Gasteiger partial charge in [0.1, 0.15) is 0 Å². The van der Waals surface area contributed by atoms with Crippen LogP contribution < -0.4 is 5.32 Å². The van der Waals surface area contributed by atoms with E-state index in [2.05, 4.69) is 19.2 Å². The Balaban J connectivity index is 2.15. The molecule has 1 saturated heterocycles. The Bertz CT molecular complexity index is 394. The first-order chi connectivity index (χ1) is 9.05. The Labute approximate surface area is 114 Å². The Hall–Kier alpha value is -0.960. The summed E-state index contributed by atoms with van der Waals surface area (Å²) in [6.07, 6.45) is 2.14. The summed E-state index contributed by atoms with van der Waals surface area (Å²) in [4.78, 5) is 0. The van der Waals surface area contributed by atoms with Gasteiger partial charge in [0.05, 0.1) is 0 Å². The third-order valence-corrected chi connectivity index (χ3v) is 4.33. The van der Waals surface area contributed by atoms with E-state index in [1.807, 2.05) is 12.1 Å². The molecule has 3 heteroatoms. The second-order valence-electron chi connectivity index (χ2n) is 5.58. The van der Waals surface area contributed by atoms with E-state index < -0.39 is 11.8 Å². The second kappa shape index (κ2) is 6.00. The smallest absolute Gasteiger partial charge is 0.276 e. The van der Waals surface area contributed by atoms with Gasteiger partial charge in [0.15, 0.2) is 0 Å². The van der Waals surface area contributed by atoms with Crippen LogP contribution in [0.2, 0.25) is 0 Å². The summed E-state index contributed by atoms with van der Waals surface area (Å²) in [5.41, 5.74) is 1.32. The number of piperidine rings is 1. The monoisotopic (exact) mass is 267 g/mol. The van der Waals surface area contributed by atoms with Crippen molar-refractivity contribution in [3.8, 4) is 0 Å². The van der Waals surface area contributed by atoms with Crippen LogP contribution >= 0.6 is 0 Å². The number of halogens is 2. The van der Waals surface area contributed by atoms with Crippen LogP contribution in [-0.4, -0.2) is 13.1 Å². The third kappa shape index (κ3) is 3.14. The SMILES string of the molecule is CCC(C)c1ccc(C(F)(F)C2CCNCC2)cc1. The van der Waals surface area contributed by atoms with Crippen molar-refractivity contribution in [1.82, 2.24) is 5.32 Å². The normalized spacial score (nSPS) is 19.4. The summed E-state index contributed by atoms with van der Waals surface area (Å²) < 4.78 is 28.9. The Morgan fingerprint density at radius 1 is 1.21 bits per heavy atom. The zero-order chi connectivity index (χ0) is 13.9. The van der Waals surface area contributed by atoms with E-state index in [9.17, 15) is 8.78 Å². The highest BCUT2D eigenvalue weighted by Crippen LogP contribution is 2.40. The highest BCUT2D eigenvalue weighted by molar-refractivity contribution is 5.28. The van der Waals surface area contributed by atoms with Crippen LogP contribution in [0.25, 0.3) is 0 Å². The lowest BCUT2D eigenvalue weighted by Crippen LogP contribution is -2.36. The maximum Gasteiger partial charge on any atom is 0.276 e. The van der Waals surface area contributed by atoms with Crippen molar-refractivity contribution in [3.05, 3.63) is 35.4 Å².